The monoisotopic (exact) mass is 329 g/mol. The van der Waals surface area contributed by atoms with Gasteiger partial charge in [-0.2, -0.15) is 4.98 Å². The first-order valence-corrected chi connectivity index (χ1v) is 8.81. The fraction of sp³-hybridized carbons (Fsp3) is 0.353. The molecule has 2 heterocycles. The van der Waals surface area contributed by atoms with Crippen LogP contribution in [-0.4, -0.2) is 21.7 Å². The van der Waals surface area contributed by atoms with Gasteiger partial charge in [0.25, 0.3) is 5.56 Å². The first-order chi connectivity index (χ1) is 11.0. The second kappa shape index (κ2) is 6.20. The van der Waals surface area contributed by atoms with E-state index in [2.05, 4.69) is 29.4 Å². The minimum Gasteiger partial charge on any atom is -0.312 e. The number of hydrogen-bond donors (Lipinski definition) is 1. The van der Waals surface area contributed by atoms with Crippen LogP contribution in [-0.2, 0) is 18.3 Å². The van der Waals surface area contributed by atoms with Crippen LogP contribution in [0.15, 0.2) is 34.2 Å². The number of carbonyl (C=O) groups excluding carboxylic acids is 1. The lowest BCUT2D eigenvalue weighted by molar-refractivity contribution is -0.116. The largest absolute Gasteiger partial charge is 0.312 e. The molecule has 0 saturated carbocycles. The molecule has 23 heavy (non-hydrogen) atoms. The lowest BCUT2D eigenvalue weighted by Gasteiger charge is -2.27. The Morgan fingerprint density at radius 2 is 2.00 bits per heavy atom. The third-order valence-corrected chi connectivity index (χ3v) is 5.00. The molecule has 0 spiro atoms. The van der Waals surface area contributed by atoms with Crippen molar-refractivity contribution in [2.24, 2.45) is 7.05 Å². The zero-order chi connectivity index (χ0) is 16.6. The summed E-state index contributed by atoms with van der Waals surface area (Å²) < 4.78 is 1.78. The molecular weight excluding hydrogens is 310 g/mol. The van der Waals surface area contributed by atoms with Crippen molar-refractivity contribution in [3.8, 4) is 0 Å². The average molecular weight is 329 g/mol. The summed E-state index contributed by atoms with van der Waals surface area (Å²) in [5, 5.41) is 3.43. The van der Waals surface area contributed by atoms with Crippen molar-refractivity contribution >= 4 is 23.5 Å². The maximum atomic E-state index is 12.5. The van der Waals surface area contributed by atoms with Crippen LogP contribution in [0.2, 0.25) is 0 Å². The Bertz CT molecular complexity index is 812. The van der Waals surface area contributed by atoms with Gasteiger partial charge in [0.1, 0.15) is 5.82 Å². The third-order valence-electron chi connectivity index (χ3n) is 4.27. The lowest BCUT2D eigenvalue weighted by Crippen LogP contribution is -2.33. The second-order valence-electron chi connectivity index (χ2n) is 5.62. The van der Waals surface area contributed by atoms with Gasteiger partial charge in [0, 0.05) is 19.4 Å². The number of benzene rings is 1. The van der Waals surface area contributed by atoms with Crippen LogP contribution in [0.25, 0.3) is 0 Å². The smallest absolute Gasteiger partial charge is 0.279 e. The molecule has 120 valence electrons. The van der Waals surface area contributed by atoms with Crippen molar-refractivity contribution in [2.75, 3.05) is 11.6 Å². The molecule has 1 amide bonds. The molecule has 5 nitrogen and oxygen atoms in total. The summed E-state index contributed by atoms with van der Waals surface area (Å²) in [4.78, 5) is 28.8. The highest BCUT2D eigenvalue weighted by Gasteiger charge is 2.31. The highest BCUT2D eigenvalue weighted by Crippen LogP contribution is 2.35. The molecule has 6 heteroatoms. The van der Waals surface area contributed by atoms with E-state index in [-0.39, 0.29) is 23.8 Å². The van der Waals surface area contributed by atoms with Gasteiger partial charge in [-0.3, -0.25) is 9.59 Å². The van der Waals surface area contributed by atoms with Crippen molar-refractivity contribution in [3.63, 3.8) is 0 Å². The molecule has 0 radical (unpaired) electrons. The highest BCUT2D eigenvalue weighted by atomic mass is 32.2. The molecule has 1 unspecified atom stereocenters. The zero-order valence-electron chi connectivity index (χ0n) is 13.4. The van der Waals surface area contributed by atoms with Gasteiger partial charge in [-0.05, 0) is 23.8 Å². The summed E-state index contributed by atoms with van der Waals surface area (Å²) in [5.41, 5.74) is 2.54. The number of thioether (sulfide) groups is 1. The van der Waals surface area contributed by atoms with Crippen molar-refractivity contribution in [1.82, 2.24) is 9.55 Å². The maximum Gasteiger partial charge on any atom is 0.279 e. The average Bonchev–Trinajstić information content (AvgIpc) is 2.57. The number of nitrogens with one attached hydrogen (secondary N) is 1. The Kier molecular flexibility index (Phi) is 4.26. The standard InChI is InChI=1S/C17H19N3O2S/c1-4-10-5-7-11(8-6-10)12-9-13(21)18-15-14(12)16(22)19-17(23-3)20(15)2/h5-8,12H,4,9H2,1-3H3,(H,18,21). The Hall–Kier alpha value is -2.08. The Labute approximate surface area is 139 Å². The number of nitrogens with zero attached hydrogens (tertiary/aromatic N) is 2. The molecule has 2 aromatic rings. The summed E-state index contributed by atoms with van der Waals surface area (Å²) in [6.45, 7) is 2.10. The van der Waals surface area contributed by atoms with E-state index < -0.39 is 0 Å². The zero-order valence-corrected chi connectivity index (χ0v) is 14.2. The molecule has 1 aromatic heterocycles. The SMILES string of the molecule is CCc1ccc(C2CC(=O)Nc3c2c(=O)nc(SC)n3C)cc1. The van der Waals surface area contributed by atoms with E-state index in [9.17, 15) is 9.59 Å². The molecule has 1 atom stereocenters. The van der Waals surface area contributed by atoms with Crippen LogP contribution in [0.1, 0.15) is 36.0 Å². The molecule has 3 rings (SSSR count). The fourth-order valence-electron chi connectivity index (χ4n) is 2.99. The Balaban J connectivity index is 2.16. The molecule has 0 saturated heterocycles. The first-order valence-electron chi connectivity index (χ1n) is 7.58. The van der Waals surface area contributed by atoms with Crippen LogP contribution >= 0.6 is 11.8 Å². The van der Waals surface area contributed by atoms with Crippen LogP contribution in [0, 0.1) is 0 Å². The van der Waals surface area contributed by atoms with Crippen molar-refractivity contribution in [2.45, 2.75) is 30.8 Å². The lowest BCUT2D eigenvalue weighted by atomic mass is 9.86. The minimum absolute atomic E-state index is 0.0738. The minimum atomic E-state index is -0.257. The normalized spacial score (nSPS) is 16.8. The highest BCUT2D eigenvalue weighted by molar-refractivity contribution is 7.98. The van der Waals surface area contributed by atoms with E-state index in [1.807, 2.05) is 25.4 Å². The number of aryl methyl sites for hydroxylation is 1. The Morgan fingerprint density at radius 1 is 1.30 bits per heavy atom. The second-order valence-corrected chi connectivity index (χ2v) is 6.40. The molecule has 1 N–H and O–H groups in total. The van der Waals surface area contributed by atoms with Gasteiger partial charge in [-0.1, -0.05) is 43.0 Å². The van der Waals surface area contributed by atoms with E-state index >= 15 is 0 Å². The summed E-state index contributed by atoms with van der Waals surface area (Å²) in [7, 11) is 1.82. The fourth-order valence-corrected chi connectivity index (χ4v) is 3.53. The van der Waals surface area contributed by atoms with Crippen molar-refractivity contribution < 1.29 is 4.79 Å². The van der Waals surface area contributed by atoms with E-state index in [4.69, 9.17) is 0 Å². The van der Waals surface area contributed by atoms with E-state index in [0.717, 1.165) is 12.0 Å². The van der Waals surface area contributed by atoms with Crippen molar-refractivity contribution in [1.29, 1.82) is 0 Å². The summed E-state index contributed by atoms with van der Waals surface area (Å²) in [5.74, 6) is 0.247. The number of fused-ring (bicyclic) bond motifs is 1. The van der Waals surface area contributed by atoms with Gasteiger partial charge < -0.3 is 9.88 Å². The maximum absolute atomic E-state index is 12.5. The molecule has 0 aliphatic carbocycles. The number of carbonyl (C=O) groups is 1. The van der Waals surface area contributed by atoms with E-state index in [0.29, 0.717) is 16.5 Å². The summed E-state index contributed by atoms with van der Waals surface area (Å²) in [6, 6.07) is 8.12. The molecule has 0 fully saturated rings. The van der Waals surface area contributed by atoms with Crippen LogP contribution in [0.5, 0.6) is 0 Å². The molecule has 1 aliphatic rings. The van der Waals surface area contributed by atoms with Gasteiger partial charge in [-0.25, -0.2) is 0 Å². The van der Waals surface area contributed by atoms with Crippen LogP contribution in [0.4, 0.5) is 5.82 Å². The third kappa shape index (κ3) is 2.79. The summed E-state index contributed by atoms with van der Waals surface area (Å²) in [6.07, 6.45) is 3.09. The van der Waals surface area contributed by atoms with Crippen LogP contribution < -0.4 is 10.9 Å². The summed E-state index contributed by atoms with van der Waals surface area (Å²) >= 11 is 1.39. The van der Waals surface area contributed by atoms with Crippen molar-refractivity contribution in [3.05, 3.63) is 51.3 Å². The number of rotatable bonds is 3. The number of amides is 1. The first kappa shape index (κ1) is 15.8. The van der Waals surface area contributed by atoms with Gasteiger partial charge in [-0.15, -0.1) is 0 Å². The quantitative estimate of drug-likeness (QED) is 0.694. The van der Waals surface area contributed by atoms with Crippen LogP contribution in [0.3, 0.4) is 0 Å². The molecule has 1 aromatic carbocycles. The van der Waals surface area contributed by atoms with E-state index in [1.165, 1.54) is 17.3 Å². The number of aromatic nitrogens is 2. The topological polar surface area (TPSA) is 64.0 Å². The van der Waals surface area contributed by atoms with Gasteiger partial charge in [0.2, 0.25) is 5.91 Å². The van der Waals surface area contributed by atoms with Gasteiger partial charge in [0.05, 0.1) is 5.56 Å². The predicted molar refractivity (Wildman–Crippen MR) is 92.2 cm³/mol. The number of hydrogen-bond acceptors (Lipinski definition) is 4. The molecule has 1 aliphatic heterocycles. The number of anilines is 1. The predicted octanol–water partition coefficient (Wildman–Crippen LogP) is 2.54. The molecule has 0 bridgehead atoms. The van der Waals surface area contributed by atoms with Gasteiger partial charge >= 0.3 is 0 Å². The van der Waals surface area contributed by atoms with E-state index in [1.54, 1.807) is 4.57 Å². The molecular formula is C17H19N3O2S. The Morgan fingerprint density at radius 3 is 2.61 bits per heavy atom. The van der Waals surface area contributed by atoms with Gasteiger partial charge in [0.15, 0.2) is 5.16 Å².